The van der Waals surface area contributed by atoms with Gasteiger partial charge in [-0.1, -0.05) is 0 Å². The molecule has 0 aliphatic carbocycles. The second kappa shape index (κ2) is 8.24. The van der Waals surface area contributed by atoms with Gasteiger partial charge in [0.25, 0.3) is 15.9 Å². The van der Waals surface area contributed by atoms with Crippen molar-refractivity contribution in [2.45, 2.75) is 22.6 Å². The highest BCUT2D eigenvalue weighted by molar-refractivity contribution is 7.98. The van der Waals surface area contributed by atoms with Gasteiger partial charge in [-0.2, -0.15) is 0 Å². The molecule has 0 spiro atoms. The SMILES string of the molecule is CSc1ccc(S(=O)(=O)Nc2ccc(C(N)=O)cc2)cc1C(=O)N1CCCC1. The Morgan fingerprint density at radius 1 is 1.07 bits per heavy atom. The molecule has 0 atom stereocenters. The van der Waals surface area contributed by atoms with E-state index in [4.69, 9.17) is 5.73 Å². The van der Waals surface area contributed by atoms with Crippen molar-refractivity contribution >= 4 is 39.3 Å². The van der Waals surface area contributed by atoms with Crippen LogP contribution in [0.2, 0.25) is 0 Å². The number of thioether (sulfide) groups is 1. The van der Waals surface area contributed by atoms with Gasteiger partial charge in [-0.05, 0) is 61.6 Å². The fourth-order valence-electron chi connectivity index (χ4n) is 3.03. The molecule has 0 unspecified atom stereocenters. The number of likely N-dealkylation sites (tertiary alicyclic amines) is 1. The topological polar surface area (TPSA) is 110 Å². The summed E-state index contributed by atoms with van der Waals surface area (Å²) in [5.41, 5.74) is 6.16. The van der Waals surface area contributed by atoms with Gasteiger partial charge >= 0.3 is 0 Å². The fourth-order valence-corrected chi connectivity index (χ4v) is 4.68. The molecule has 3 N–H and O–H groups in total. The van der Waals surface area contributed by atoms with E-state index in [-0.39, 0.29) is 16.4 Å². The van der Waals surface area contributed by atoms with Gasteiger partial charge in [0.2, 0.25) is 5.91 Å². The molecule has 2 aromatic carbocycles. The summed E-state index contributed by atoms with van der Waals surface area (Å²) in [6.07, 6.45) is 3.77. The molecule has 7 nitrogen and oxygen atoms in total. The van der Waals surface area contributed by atoms with E-state index < -0.39 is 15.9 Å². The smallest absolute Gasteiger partial charge is 0.261 e. The number of carbonyl (C=O) groups is 2. The summed E-state index contributed by atoms with van der Waals surface area (Å²) in [4.78, 5) is 26.4. The second-order valence-corrected chi connectivity index (χ2v) is 8.94. The Balaban J connectivity index is 1.89. The Kier molecular flexibility index (Phi) is 5.95. The van der Waals surface area contributed by atoms with Crippen LogP contribution in [-0.2, 0) is 10.0 Å². The summed E-state index contributed by atoms with van der Waals surface area (Å²) >= 11 is 1.40. The van der Waals surface area contributed by atoms with Crippen LogP contribution in [0.4, 0.5) is 5.69 Å². The molecule has 1 heterocycles. The first-order chi connectivity index (χ1) is 13.3. The molecule has 1 saturated heterocycles. The van der Waals surface area contributed by atoms with Crippen LogP contribution in [0, 0.1) is 0 Å². The average molecular weight is 420 g/mol. The maximum Gasteiger partial charge on any atom is 0.261 e. The van der Waals surface area contributed by atoms with Crippen molar-refractivity contribution in [3.05, 3.63) is 53.6 Å². The number of carbonyl (C=O) groups excluding carboxylic acids is 2. The highest BCUT2D eigenvalue weighted by Crippen LogP contribution is 2.27. The van der Waals surface area contributed by atoms with Crippen molar-refractivity contribution in [3.63, 3.8) is 0 Å². The van der Waals surface area contributed by atoms with Crippen LogP contribution >= 0.6 is 11.8 Å². The van der Waals surface area contributed by atoms with Gasteiger partial charge in [-0.3, -0.25) is 14.3 Å². The van der Waals surface area contributed by atoms with Gasteiger partial charge in [0.05, 0.1) is 10.5 Å². The summed E-state index contributed by atoms with van der Waals surface area (Å²) in [5.74, 6) is -0.739. The monoisotopic (exact) mass is 419 g/mol. The summed E-state index contributed by atoms with van der Waals surface area (Å²) in [6.45, 7) is 1.38. The van der Waals surface area contributed by atoms with Crippen molar-refractivity contribution < 1.29 is 18.0 Å². The number of anilines is 1. The Bertz CT molecular complexity index is 998. The molecule has 0 aromatic heterocycles. The largest absolute Gasteiger partial charge is 0.366 e. The molecule has 1 fully saturated rings. The minimum atomic E-state index is -3.90. The van der Waals surface area contributed by atoms with Crippen LogP contribution in [0.3, 0.4) is 0 Å². The predicted octanol–water partition coefficient (Wildman–Crippen LogP) is 2.54. The summed E-state index contributed by atoms with van der Waals surface area (Å²) in [6, 6.07) is 10.4. The number of nitrogens with two attached hydrogens (primary N) is 1. The first-order valence-corrected chi connectivity index (χ1v) is 11.4. The van der Waals surface area contributed by atoms with E-state index >= 15 is 0 Å². The maximum atomic E-state index is 12.8. The average Bonchev–Trinajstić information content (AvgIpc) is 3.21. The summed E-state index contributed by atoms with van der Waals surface area (Å²) < 4.78 is 28.0. The minimum absolute atomic E-state index is 0.00632. The number of amides is 2. The molecule has 9 heteroatoms. The lowest BCUT2D eigenvalue weighted by Crippen LogP contribution is -2.28. The number of primary amides is 1. The Morgan fingerprint density at radius 2 is 1.71 bits per heavy atom. The molecule has 2 amide bonds. The lowest BCUT2D eigenvalue weighted by Gasteiger charge is -2.18. The number of sulfonamides is 1. The first kappa shape index (κ1) is 20.2. The highest BCUT2D eigenvalue weighted by atomic mass is 32.2. The molecule has 28 heavy (non-hydrogen) atoms. The molecule has 3 rings (SSSR count). The van der Waals surface area contributed by atoms with Crippen molar-refractivity contribution in [1.82, 2.24) is 4.90 Å². The zero-order chi connectivity index (χ0) is 20.3. The quantitative estimate of drug-likeness (QED) is 0.699. The molecular formula is C19H21N3O4S2. The maximum absolute atomic E-state index is 12.8. The third-order valence-corrected chi connectivity index (χ3v) is 6.70. The first-order valence-electron chi connectivity index (χ1n) is 8.72. The van der Waals surface area contributed by atoms with Crippen LogP contribution < -0.4 is 10.5 Å². The highest BCUT2D eigenvalue weighted by Gasteiger charge is 2.24. The Morgan fingerprint density at radius 3 is 2.29 bits per heavy atom. The number of hydrogen-bond donors (Lipinski definition) is 2. The van der Waals surface area contributed by atoms with Crippen LogP contribution in [0.5, 0.6) is 0 Å². The number of hydrogen-bond acceptors (Lipinski definition) is 5. The normalized spacial score (nSPS) is 14.1. The number of rotatable bonds is 6. The molecular weight excluding hydrogens is 398 g/mol. The molecule has 1 aliphatic heterocycles. The van der Waals surface area contributed by atoms with E-state index in [0.29, 0.717) is 24.3 Å². The Hall–Kier alpha value is -2.52. The minimum Gasteiger partial charge on any atom is -0.366 e. The van der Waals surface area contributed by atoms with E-state index in [1.165, 1.54) is 48.2 Å². The molecule has 0 bridgehead atoms. The third-order valence-electron chi connectivity index (χ3n) is 4.53. The zero-order valence-electron chi connectivity index (χ0n) is 15.3. The zero-order valence-corrected chi connectivity index (χ0v) is 17.0. The van der Waals surface area contributed by atoms with Gasteiger partial charge in [0.1, 0.15) is 0 Å². The predicted molar refractivity (Wildman–Crippen MR) is 109 cm³/mol. The summed E-state index contributed by atoms with van der Waals surface area (Å²) in [5, 5.41) is 0. The van der Waals surface area contributed by atoms with Gasteiger partial charge in [0.15, 0.2) is 0 Å². The lowest BCUT2D eigenvalue weighted by molar-refractivity contribution is 0.0789. The van der Waals surface area contributed by atoms with Crippen LogP contribution in [-0.4, -0.2) is 44.5 Å². The molecule has 1 aliphatic rings. The lowest BCUT2D eigenvalue weighted by atomic mass is 10.2. The fraction of sp³-hybridized carbons (Fsp3) is 0.263. The van der Waals surface area contributed by atoms with Gasteiger partial charge < -0.3 is 10.6 Å². The number of nitrogens with zero attached hydrogens (tertiary/aromatic N) is 1. The Labute approximate surface area is 168 Å². The van der Waals surface area contributed by atoms with Gasteiger partial charge in [0, 0.05) is 29.2 Å². The van der Waals surface area contributed by atoms with E-state index in [9.17, 15) is 18.0 Å². The van der Waals surface area contributed by atoms with Crippen LogP contribution in [0.1, 0.15) is 33.6 Å². The third kappa shape index (κ3) is 4.31. The van der Waals surface area contributed by atoms with Crippen LogP contribution in [0.15, 0.2) is 52.3 Å². The standard InChI is InChI=1S/C19H21N3O4S2/c1-27-17-9-8-15(12-16(17)19(24)22-10-2-3-11-22)28(25,26)21-14-6-4-13(5-7-14)18(20)23/h4-9,12,21H,2-3,10-11H2,1H3,(H2,20,23). The second-order valence-electron chi connectivity index (χ2n) is 6.41. The van der Waals surface area contributed by atoms with Crippen molar-refractivity contribution in [2.75, 3.05) is 24.1 Å². The van der Waals surface area contributed by atoms with Crippen LogP contribution in [0.25, 0.3) is 0 Å². The number of nitrogens with one attached hydrogen (secondary N) is 1. The molecule has 2 aromatic rings. The van der Waals surface area contributed by atoms with Crippen molar-refractivity contribution in [3.8, 4) is 0 Å². The van der Waals surface area contributed by atoms with E-state index in [1.807, 2.05) is 6.26 Å². The molecule has 148 valence electrons. The van der Waals surface area contributed by atoms with Gasteiger partial charge in [-0.25, -0.2) is 8.42 Å². The van der Waals surface area contributed by atoms with Gasteiger partial charge in [-0.15, -0.1) is 11.8 Å². The number of benzene rings is 2. The van der Waals surface area contributed by atoms with E-state index in [2.05, 4.69) is 4.72 Å². The van der Waals surface area contributed by atoms with E-state index in [0.717, 1.165) is 17.7 Å². The van der Waals surface area contributed by atoms with E-state index in [1.54, 1.807) is 11.0 Å². The summed E-state index contributed by atoms with van der Waals surface area (Å²) in [7, 11) is -3.90. The van der Waals surface area contributed by atoms with Crippen molar-refractivity contribution in [1.29, 1.82) is 0 Å². The molecule has 0 saturated carbocycles. The van der Waals surface area contributed by atoms with Crippen molar-refractivity contribution in [2.24, 2.45) is 5.73 Å². The molecule has 0 radical (unpaired) electrons.